The Hall–Kier alpha value is -2.72. The number of rotatable bonds is 3. The summed E-state index contributed by atoms with van der Waals surface area (Å²) >= 11 is 0. The van der Waals surface area contributed by atoms with E-state index in [1.165, 1.54) is 0 Å². The second-order valence-corrected chi connectivity index (χ2v) is 5.73. The molecule has 7 nitrogen and oxygen atoms in total. The monoisotopic (exact) mass is 325 g/mol. The van der Waals surface area contributed by atoms with Crippen molar-refractivity contribution in [2.24, 2.45) is 0 Å². The van der Waals surface area contributed by atoms with Crippen molar-refractivity contribution in [2.75, 3.05) is 19.7 Å². The van der Waals surface area contributed by atoms with Gasteiger partial charge >= 0.3 is 0 Å². The van der Waals surface area contributed by atoms with Crippen molar-refractivity contribution in [1.82, 2.24) is 19.7 Å². The Labute approximate surface area is 140 Å². The molecule has 2 heterocycles. The van der Waals surface area contributed by atoms with E-state index in [0.717, 1.165) is 17.9 Å². The Kier molecular flexibility index (Phi) is 4.58. The van der Waals surface area contributed by atoms with E-state index >= 15 is 0 Å². The van der Waals surface area contributed by atoms with Gasteiger partial charge in [-0.3, -0.25) is 4.79 Å². The summed E-state index contributed by atoms with van der Waals surface area (Å²) in [6, 6.07) is 7.21. The first-order valence-electron chi connectivity index (χ1n) is 7.93. The van der Waals surface area contributed by atoms with Gasteiger partial charge in [-0.2, -0.15) is 5.26 Å². The maximum Gasteiger partial charge on any atom is 0.254 e. The zero-order valence-electron chi connectivity index (χ0n) is 13.8. The number of aryl methyl sites for hydroxylation is 2. The fourth-order valence-electron chi connectivity index (χ4n) is 2.89. The highest BCUT2D eigenvalue weighted by Gasteiger charge is 2.29. The normalized spacial score (nSPS) is 17.5. The first kappa shape index (κ1) is 16.1. The van der Waals surface area contributed by atoms with Crippen molar-refractivity contribution in [3.05, 3.63) is 47.0 Å². The Morgan fingerprint density at radius 2 is 2.33 bits per heavy atom. The van der Waals surface area contributed by atoms with Crippen LogP contribution in [-0.4, -0.2) is 45.3 Å². The average Bonchev–Trinajstić information content (AvgIpc) is 3.10. The van der Waals surface area contributed by atoms with Gasteiger partial charge in [0.05, 0.1) is 24.8 Å². The summed E-state index contributed by atoms with van der Waals surface area (Å²) in [6.07, 6.45) is 1.40. The van der Waals surface area contributed by atoms with Gasteiger partial charge in [-0.25, -0.2) is 0 Å². The van der Waals surface area contributed by atoms with Crippen molar-refractivity contribution in [3.63, 3.8) is 0 Å². The molecule has 1 saturated heterocycles. The van der Waals surface area contributed by atoms with Crippen LogP contribution >= 0.6 is 0 Å². The summed E-state index contributed by atoms with van der Waals surface area (Å²) in [7, 11) is 0. The minimum atomic E-state index is -0.274. The van der Waals surface area contributed by atoms with Crippen LogP contribution in [0.2, 0.25) is 0 Å². The molecular weight excluding hydrogens is 306 g/mol. The molecule has 3 rings (SSSR count). The molecule has 0 aliphatic carbocycles. The van der Waals surface area contributed by atoms with Crippen LogP contribution in [0.15, 0.2) is 24.5 Å². The van der Waals surface area contributed by atoms with Crippen LogP contribution in [0.3, 0.4) is 0 Å². The second kappa shape index (κ2) is 6.81. The van der Waals surface area contributed by atoms with Crippen LogP contribution in [0.1, 0.15) is 40.3 Å². The lowest BCUT2D eigenvalue weighted by atomic mass is 10.0. The quantitative estimate of drug-likeness (QED) is 0.857. The lowest BCUT2D eigenvalue weighted by Crippen LogP contribution is -2.43. The summed E-state index contributed by atoms with van der Waals surface area (Å²) in [5, 5.41) is 17.0. The number of benzene rings is 1. The number of ether oxygens (including phenoxy) is 1. The van der Waals surface area contributed by atoms with Crippen LogP contribution in [0.5, 0.6) is 0 Å². The molecule has 2 aromatic rings. The van der Waals surface area contributed by atoms with E-state index in [1.807, 2.05) is 18.4 Å². The number of nitrogens with zero attached hydrogens (tertiary/aromatic N) is 5. The van der Waals surface area contributed by atoms with Gasteiger partial charge in [0.25, 0.3) is 5.91 Å². The number of carbonyl (C=O) groups is 1. The van der Waals surface area contributed by atoms with Gasteiger partial charge in [-0.1, -0.05) is 0 Å². The number of hydrogen-bond donors (Lipinski definition) is 0. The molecular formula is C17H19N5O2. The smallest absolute Gasteiger partial charge is 0.254 e. The topological polar surface area (TPSA) is 84.0 Å². The Morgan fingerprint density at radius 3 is 3.04 bits per heavy atom. The number of hydrogen-bond acceptors (Lipinski definition) is 5. The molecule has 1 aliphatic rings. The molecule has 0 N–H and O–H groups in total. The van der Waals surface area contributed by atoms with E-state index in [-0.39, 0.29) is 12.0 Å². The summed E-state index contributed by atoms with van der Waals surface area (Å²) in [5.74, 6) is 0.694. The minimum Gasteiger partial charge on any atom is -0.366 e. The Balaban J connectivity index is 1.80. The highest BCUT2D eigenvalue weighted by Crippen LogP contribution is 2.23. The molecule has 0 bridgehead atoms. The van der Waals surface area contributed by atoms with Crippen molar-refractivity contribution in [2.45, 2.75) is 26.5 Å². The van der Waals surface area contributed by atoms with E-state index in [9.17, 15) is 4.79 Å². The SMILES string of the molecule is CCn1cnnc1C1CN(C(=O)c2ccc(C#N)cc2C)CCO1. The second-order valence-electron chi connectivity index (χ2n) is 5.73. The molecule has 1 fully saturated rings. The van der Waals surface area contributed by atoms with E-state index < -0.39 is 0 Å². The predicted octanol–water partition coefficient (Wildman–Crippen LogP) is 1.69. The Bertz CT molecular complexity index is 793. The zero-order chi connectivity index (χ0) is 17.1. The zero-order valence-corrected chi connectivity index (χ0v) is 13.8. The lowest BCUT2D eigenvalue weighted by molar-refractivity contribution is -0.0284. The van der Waals surface area contributed by atoms with Gasteiger partial charge in [0.2, 0.25) is 0 Å². The molecule has 7 heteroatoms. The van der Waals surface area contributed by atoms with Gasteiger partial charge in [0.15, 0.2) is 5.82 Å². The third-order valence-electron chi connectivity index (χ3n) is 4.21. The minimum absolute atomic E-state index is 0.0483. The van der Waals surface area contributed by atoms with Gasteiger partial charge in [-0.05, 0) is 37.6 Å². The molecule has 1 aromatic heterocycles. The number of amides is 1. The molecule has 1 aromatic carbocycles. The van der Waals surface area contributed by atoms with Crippen LogP contribution in [0, 0.1) is 18.3 Å². The summed E-state index contributed by atoms with van der Waals surface area (Å²) in [6.45, 7) is 6.05. The molecule has 0 spiro atoms. The van der Waals surface area contributed by atoms with Gasteiger partial charge < -0.3 is 14.2 Å². The van der Waals surface area contributed by atoms with E-state index in [4.69, 9.17) is 10.00 Å². The first-order chi connectivity index (χ1) is 11.6. The third-order valence-corrected chi connectivity index (χ3v) is 4.21. The molecule has 1 atom stereocenters. The van der Waals surface area contributed by atoms with E-state index in [1.54, 1.807) is 29.4 Å². The molecule has 1 unspecified atom stereocenters. The molecule has 0 saturated carbocycles. The molecule has 1 aliphatic heterocycles. The highest BCUT2D eigenvalue weighted by atomic mass is 16.5. The number of morpholine rings is 1. The molecule has 124 valence electrons. The largest absolute Gasteiger partial charge is 0.366 e. The fraction of sp³-hybridized carbons (Fsp3) is 0.412. The summed E-state index contributed by atoms with van der Waals surface area (Å²) in [5.41, 5.74) is 1.98. The third kappa shape index (κ3) is 3.01. The van der Waals surface area contributed by atoms with Gasteiger partial charge in [0.1, 0.15) is 12.4 Å². The molecule has 0 radical (unpaired) electrons. The fourth-order valence-corrected chi connectivity index (χ4v) is 2.89. The van der Waals surface area contributed by atoms with Crippen molar-refractivity contribution >= 4 is 5.91 Å². The number of aromatic nitrogens is 3. The van der Waals surface area contributed by atoms with Crippen LogP contribution in [0.4, 0.5) is 0 Å². The van der Waals surface area contributed by atoms with Crippen molar-refractivity contribution in [3.8, 4) is 6.07 Å². The van der Waals surface area contributed by atoms with E-state index in [0.29, 0.717) is 30.8 Å². The number of nitriles is 1. The molecule has 1 amide bonds. The maximum absolute atomic E-state index is 12.8. The van der Waals surface area contributed by atoms with Gasteiger partial charge in [0, 0.05) is 18.7 Å². The predicted molar refractivity (Wildman–Crippen MR) is 86.2 cm³/mol. The summed E-state index contributed by atoms with van der Waals surface area (Å²) < 4.78 is 7.71. The standard InChI is InChI=1S/C17H19N5O2/c1-3-21-11-19-20-16(21)15-10-22(6-7-24-15)17(23)14-5-4-13(9-18)8-12(14)2/h4-5,8,11,15H,3,6-7,10H2,1-2H3. The lowest BCUT2D eigenvalue weighted by Gasteiger charge is -2.32. The van der Waals surface area contributed by atoms with Crippen LogP contribution in [0.25, 0.3) is 0 Å². The number of carbonyl (C=O) groups excluding carboxylic acids is 1. The van der Waals surface area contributed by atoms with Crippen LogP contribution in [-0.2, 0) is 11.3 Å². The van der Waals surface area contributed by atoms with Gasteiger partial charge in [-0.15, -0.1) is 10.2 Å². The average molecular weight is 325 g/mol. The highest BCUT2D eigenvalue weighted by molar-refractivity contribution is 5.95. The van der Waals surface area contributed by atoms with E-state index in [2.05, 4.69) is 16.3 Å². The van der Waals surface area contributed by atoms with Crippen molar-refractivity contribution < 1.29 is 9.53 Å². The maximum atomic E-state index is 12.8. The Morgan fingerprint density at radius 1 is 1.50 bits per heavy atom. The summed E-state index contributed by atoms with van der Waals surface area (Å²) in [4.78, 5) is 14.6. The first-order valence-corrected chi connectivity index (χ1v) is 7.93. The van der Waals surface area contributed by atoms with Crippen molar-refractivity contribution in [1.29, 1.82) is 5.26 Å². The van der Waals surface area contributed by atoms with Crippen LogP contribution < -0.4 is 0 Å². The molecule has 24 heavy (non-hydrogen) atoms.